The molecule has 2 heterocycles. The van der Waals surface area contributed by atoms with Gasteiger partial charge in [-0.1, -0.05) is 12.1 Å². The summed E-state index contributed by atoms with van der Waals surface area (Å²) in [5, 5.41) is 9.22. The number of H-pyrrole nitrogens is 1. The second-order valence-corrected chi connectivity index (χ2v) is 5.96. The highest BCUT2D eigenvalue weighted by Crippen LogP contribution is 2.30. The molecule has 7 heteroatoms. The average Bonchev–Trinajstić information content (AvgIpc) is 3.02. The normalized spacial score (nSPS) is 21.4. The molecule has 1 aliphatic heterocycles. The van der Waals surface area contributed by atoms with E-state index >= 15 is 0 Å². The number of likely N-dealkylation sites (tertiary alicyclic amines) is 1. The summed E-state index contributed by atoms with van der Waals surface area (Å²) in [6.45, 7) is 2.13. The maximum Gasteiger partial charge on any atom is 0.326 e. The van der Waals surface area contributed by atoms with Gasteiger partial charge in [-0.15, -0.1) is 0 Å². The number of amides is 1. The quantitative estimate of drug-likeness (QED) is 0.870. The van der Waals surface area contributed by atoms with Gasteiger partial charge >= 0.3 is 11.7 Å². The average molecular weight is 303 g/mol. The fourth-order valence-corrected chi connectivity index (χ4v) is 2.85. The molecule has 0 saturated carbocycles. The van der Waals surface area contributed by atoms with Crippen LogP contribution in [0, 0.1) is 5.41 Å². The van der Waals surface area contributed by atoms with Crippen LogP contribution in [0.2, 0.25) is 0 Å². The third kappa shape index (κ3) is 2.28. The van der Waals surface area contributed by atoms with Crippen molar-refractivity contribution in [3.05, 3.63) is 34.7 Å². The molecule has 0 spiro atoms. The van der Waals surface area contributed by atoms with Gasteiger partial charge in [0.25, 0.3) is 0 Å². The van der Waals surface area contributed by atoms with E-state index in [-0.39, 0.29) is 24.7 Å². The Kier molecular flexibility index (Phi) is 3.27. The van der Waals surface area contributed by atoms with E-state index in [1.807, 2.05) is 6.07 Å². The molecule has 3 rings (SSSR count). The summed E-state index contributed by atoms with van der Waals surface area (Å²) in [7, 11) is 0. The molecule has 2 aromatic rings. The molecule has 1 unspecified atom stereocenters. The number of aromatic nitrogens is 2. The number of nitrogens with zero attached hydrogens (tertiary/aromatic N) is 2. The standard InChI is InChI=1S/C15H17N3O4/c1-15(13(20)21)6-7-17(9-15)12(19)8-18-11-5-3-2-4-10(11)16-14(18)22/h2-5H,6-9H2,1H3,(H,16,22)(H,20,21). The minimum Gasteiger partial charge on any atom is -0.481 e. The molecule has 2 N–H and O–H groups in total. The first-order chi connectivity index (χ1) is 10.4. The van der Waals surface area contributed by atoms with E-state index in [0.29, 0.717) is 24.0 Å². The van der Waals surface area contributed by atoms with Gasteiger partial charge in [-0.25, -0.2) is 4.79 Å². The monoisotopic (exact) mass is 303 g/mol. The number of carbonyl (C=O) groups is 2. The number of fused-ring (bicyclic) bond motifs is 1. The molecular weight excluding hydrogens is 286 g/mol. The summed E-state index contributed by atoms with van der Waals surface area (Å²) >= 11 is 0. The minimum atomic E-state index is -0.902. The summed E-state index contributed by atoms with van der Waals surface area (Å²) in [5.41, 5.74) is 0.105. The van der Waals surface area contributed by atoms with Gasteiger partial charge in [0.15, 0.2) is 0 Å². The van der Waals surface area contributed by atoms with Crippen LogP contribution >= 0.6 is 0 Å². The Labute approximate surface area is 126 Å². The molecule has 1 aliphatic rings. The fourth-order valence-electron chi connectivity index (χ4n) is 2.85. The van der Waals surface area contributed by atoms with Gasteiger partial charge in [-0.3, -0.25) is 14.2 Å². The van der Waals surface area contributed by atoms with Gasteiger partial charge in [0.2, 0.25) is 5.91 Å². The highest BCUT2D eigenvalue weighted by atomic mass is 16.4. The number of aromatic amines is 1. The van der Waals surface area contributed by atoms with Gasteiger partial charge in [0.05, 0.1) is 16.4 Å². The van der Waals surface area contributed by atoms with E-state index in [9.17, 15) is 19.5 Å². The second kappa shape index (κ2) is 5.01. The van der Waals surface area contributed by atoms with Crippen LogP contribution in [0.3, 0.4) is 0 Å². The van der Waals surface area contributed by atoms with Gasteiger partial charge in [0, 0.05) is 13.1 Å². The zero-order valence-electron chi connectivity index (χ0n) is 12.2. The first-order valence-electron chi connectivity index (χ1n) is 7.09. The fraction of sp³-hybridized carbons (Fsp3) is 0.400. The molecule has 1 saturated heterocycles. The van der Waals surface area contributed by atoms with Crippen molar-refractivity contribution >= 4 is 22.9 Å². The highest BCUT2D eigenvalue weighted by Gasteiger charge is 2.42. The van der Waals surface area contributed by atoms with E-state index < -0.39 is 11.4 Å². The van der Waals surface area contributed by atoms with Crippen LogP contribution < -0.4 is 5.69 Å². The predicted octanol–water partition coefficient (Wildman–Crippen LogP) is 0.653. The summed E-state index contributed by atoms with van der Waals surface area (Å²) in [4.78, 5) is 39.8. The number of benzene rings is 1. The lowest BCUT2D eigenvalue weighted by molar-refractivity contribution is -0.147. The molecule has 1 amide bonds. The van der Waals surface area contributed by atoms with Crippen molar-refractivity contribution in [1.82, 2.24) is 14.5 Å². The molecule has 116 valence electrons. The van der Waals surface area contributed by atoms with Crippen LogP contribution in [0.4, 0.5) is 0 Å². The summed E-state index contributed by atoms with van der Waals surface area (Å²) in [5.74, 6) is -1.14. The smallest absolute Gasteiger partial charge is 0.326 e. The molecule has 1 fully saturated rings. The van der Waals surface area contributed by atoms with Crippen molar-refractivity contribution in [1.29, 1.82) is 0 Å². The number of nitrogens with one attached hydrogen (secondary N) is 1. The Morgan fingerprint density at radius 2 is 2.09 bits per heavy atom. The number of hydrogen-bond donors (Lipinski definition) is 2. The van der Waals surface area contributed by atoms with Crippen molar-refractivity contribution in [3.63, 3.8) is 0 Å². The molecular formula is C15H17N3O4. The molecule has 1 aromatic carbocycles. The molecule has 7 nitrogen and oxygen atoms in total. The zero-order valence-corrected chi connectivity index (χ0v) is 12.2. The molecule has 22 heavy (non-hydrogen) atoms. The lowest BCUT2D eigenvalue weighted by Crippen LogP contribution is -2.37. The van der Waals surface area contributed by atoms with Crippen LogP contribution in [-0.4, -0.2) is 44.5 Å². The van der Waals surface area contributed by atoms with Crippen LogP contribution in [0.1, 0.15) is 13.3 Å². The van der Waals surface area contributed by atoms with Gasteiger partial charge < -0.3 is 15.0 Å². The Bertz CT molecular complexity index is 806. The number of rotatable bonds is 3. The van der Waals surface area contributed by atoms with E-state index in [0.717, 1.165) is 0 Å². The Hall–Kier alpha value is -2.57. The van der Waals surface area contributed by atoms with E-state index in [1.54, 1.807) is 25.1 Å². The lowest BCUT2D eigenvalue weighted by Gasteiger charge is -2.20. The number of hydrogen-bond acceptors (Lipinski definition) is 3. The Morgan fingerprint density at radius 3 is 2.77 bits per heavy atom. The summed E-state index contributed by atoms with van der Waals surface area (Å²) in [6, 6.07) is 7.15. The van der Waals surface area contributed by atoms with Gasteiger partial charge in [-0.2, -0.15) is 0 Å². The van der Waals surface area contributed by atoms with E-state index in [2.05, 4.69) is 4.98 Å². The lowest BCUT2D eigenvalue weighted by atomic mass is 9.90. The van der Waals surface area contributed by atoms with Gasteiger partial charge in [-0.05, 0) is 25.5 Å². The second-order valence-electron chi connectivity index (χ2n) is 5.96. The number of imidazole rings is 1. The largest absolute Gasteiger partial charge is 0.481 e. The molecule has 0 bridgehead atoms. The van der Waals surface area contributed by atoms with Crippen LogP contribution in [0.5, 0.6) is 0 Å². The molecule has 0 radical (unpaired) electrons. The first kappa shape index (κ1) is 14.4. The number of carboxylic acid groups (broad SMARTS) is 1. The Morgan fingerprint density at radius 1 is 1.36 bits per heavy atom. The van der Waals surface area contributed by atoms with Crippen molar-refractivity contribution in [2.45, 2.75) is 19.9 Å². The van der Waals surface area contributed by atoms with E-state index in [4.69, 9.17) is 0 Å². The van der Waals surface area contributed by atoms with Crippen molar-refractivity contribution in [2.75, 3.05) is 13.1 Å². The van der Waals surface area contributed by atoms with Crippen molar-refractivity contribution in [3.8, 4) is 0 Å². The highest BCUT2D eigenvalue weighted by molar-refractivity contribution is 5.82. The number of carboxylic acids is 1. The molecule has 1 aromatic heterocycles. The Balaban J connectivity index is 1.81. The zero-order chi connectivity index (χ0) is 15.9. The van der Waals surface area contributed by atoms with Crippen LogP contribution in [0.25, 0.3) is 11.0 Å². The predicted molar refractivity (Wildman–Crippen MR) is 79.5 cm³/mol. The first-order valence-corrected chi connectivity index (χ1v) is 7.09. The topological polar surface area (TPSA) is 95.4 Å². The third-order valence-corrected chi connectivity index (χ3v) is 4.32. The maximum atomic E-state index is 12.4. The number of carbonyl (C=O) groups excluding carboxylic acids is 1. The SMILES string of the molecule is CC1(C(=O)O)CCN(C(=O)Cn2c(=O)[nH]c3ccccc32)C1. The third-order valence-electron chi connectivity index (χ3n) is 4.32. The van der Waals surface area contributed by atoms with Gasteiger partial charge in [0.1, 0.15) is 6.54 Å². The molecule has 0 aliphatic carbocycles. The van der Waals surface area contributed by atoms with Crippen molar-refractivity contribution < 1.29 is 14.7 Å². The minimum absolute atomic E-state index is 0.0848. The maximum absolute atomic E-state index is 12.4. The number of aliphatic carboxylic acids is 1. The van der Waals surface area contributed by atoms with E-state index in [1.165, 1.54) is 9.47 Å². The van der Waals surface area contributed by atoms with Crippen molar-refractivity contribution in [2.24, 2.45) is 5.41 Å². The number of para-hydroxylation sites is 2. The van der Waals surface area contributed by atoms with Crippen LogP contribution in [0.15, 0.2) is 29.1 Å². The summed E-state index contributed by atoms with van der Waals surface area (Å²) in [6.07, 6.45) is 0.427. The van der Waals surface area contributed by atoms with Crippen LogP contribution in [-0.2, 0) is 16.1 Å². The molecule has 1 atom stereocenters. The summed E-state index contributed by atoms with van der Waals surface area (Å²) < 4.78 is 1.38.